The Morgan fingerprint density at radius 3 is 2.64 bits per heavy atom. The van der Waals surface area contributed by atoms with Crippen molar-refractivity contribution < 1.29 is 4.79 Å². The number of halogens is 1. The van der Waals surface area contributed by atoms with Crippen LogP contribution in [-0.4, -0.2) is 11.5 Å². The van der Waals surface area contributed by atoms with Gasteiger partial charge in [-0.3, -0.25) is 4.79 Å². The van der Waals surface area contributed by atoms with Crippen LogP contribution in [0.25, 0.3) is 0 Å². The van der Waals surface area contributed by atoms with Crippen molar-refractivity contribution in [3.63, 3.8) is 0 Å². The molecule has 0 aliphatic rings. The van der Waals surface area contributed by atoms with E-state index in [1.54, 1.807) is 12.1 Å². The average molecular weight is 227 g/mol. The van der Waals surface area contributed by atoms with E-state index in [1.165, 1.54) is 17.8 Å². The van der Waals surface area contributed by atoms with Crippen molar-refractivity contribution in [1.82, 2.24) is 0 Å². The molecule has 0 fully saturated rings. The number of benzene rings is 1. The van der Waals surface area contributed by atoms with Crippen LogP contribution in [0.3, 0.4) is 0 Å². The molecule has 0 spiro atoms. The number of carbonyl (C=O) groups excluding carboxylic acids is 1. The zero-order valence-corrected chi connectivity index (χ0v) is 9.44. The first-order valence-electron chi connectivity index (χ1n) is 4.33. The number of rotatable bonds is 4. The van der Waals surface area contributed by atoms with Gasteiger partial charge in [-0.25, -0.2) is 0 Å². The molecule has 0 bridgehead atoms. The van der Waals surface area contributed by atoms with Gasteiger partial charge in [-0.05, 0) is 5.75 Å². The first-order valence-corrected chi connectivity index (χ1v) is 5.69. The Hall–Kier alpha value is -0.730. The number of hydrogen-bond acceptors (Lipinski definition) is 2. The van der Waals surface area contributed by atoms with Crippen LogP contribution in [0.4, 0.5) is 0 Å². The van der Waals surface area contributed by atoms with E-state index in [4.69, 9.17) is 11.6 Å². The molecule has 1 aromatic rings. The van der Waals surface area contributed by atoms with Crippen LogP contribution in [0.15, 0.2) is 40.8 Å². The highest BCUT2D eigenvalue weighted by molar-refractivity contribution is 8.04. The smallest absolute Gasteiger partial charge is 0.187 e. The molecule has 0 aromatic heterocycles. The molecule has 3 heteroatoms. The maximum absolute atomic E-state index is 11.6. The molecule has 14 heavy (non-hydrogen) atoms. The molecule has 0 aliphatic carbocycles. The Balaban J connectivity index is 2.72. The Labute approximate surface area is 93.2 Å². The van der Waals surface area contributed by atoms with Crippen LogP contribution in [0.2, 0.25) is 0 Å². The van der Waals surface area contributed by atoms with Gasteiger partial charge in [0.15, 0.2) is 5.78 Å². The lowest BCUT2D eigenvalue weighted by Gasteiger charge is -1.96. The van der Waals surface area contributed by atoms with Gasteiger partial charge in [0.25, 0.3) is 0 Å². The quantitative estimate of drug-likeness (QED) is 0.575. The minimum absolute atomic E-state index is 0.0449. The van der Waals surface area contributed by atoms with Crippen molar-refractivity contribution in [3.05, 3.63) is 46.3 Å². The van der Waals surface area contributed by atoms with Gasteiger partial charge >= 0.3 is 0 Å². The highest BCUT2D eigenvalue weighted by atomic mass is 35.5. The number of thioether (sulfide) groups is 1. The molecule has 1 rings (SSSR count). The molecule has 1 aromatic carbocycles. The third-order valence-corrected chi connectivity index (χ3v) is 2.70. The highest BCUT2D eigenvalue weighted by Crippen LogP contribution is 2.19. The molecule has 0 saturated carbocycles. The summed E-state index contributed by atoms with van der Waals surface area (Å²) in [5, 5.41) is 0. The first kappa shape index (κ1) is 11.3. The van der Waals surface area contributed by atoms with Crippen molar-refractivity contribution in [2.24, 2.45) is 0 Å². The third-order valence-electron chi connectivity index (χ3n) is 1.59. The molecule has 0 radical (unpaired) electrons. The topological polar surface area (TPSA) is 17.1 Å². The molecule has 0 atom stereocenters. The lowest BCUT2D eigenvalue weighted by Crippen LogP contribution is -1.93. The molecular formula is C11H11ClOS. The molecule has 0 unspecified atom stereocenters. The monoisotopic (exact) mass is 226 g/mol. The standard InChI is InChI=1S/C11H11ClOS/c1-2-14-11(12)8-10(13)9-6-4-3-5-7-9/h3-8H,2H2,1H3/b11-8+. The minimum Gasteiger partial charge on any atom is -0.289 e. The van der Waals surface area contributed by atoms with Gasteiger partial charge in [0.2, 0.25) is 0 Å². The summed E-state index contributed by atoms with van der Waals surface area (Å²) >= 11 is 7.29. The molecule has 0 amide bonds. The van der Waals surface area contributed by atoms with Gasteiger partial charge in [-0.2, -0.15) is 0 Å². The number of allylic oxidation sites excluding steroid dienone is 1. The van der Waals surface area contributed by atoms with Crippen LogP contribution in [0.1, 0.15) is 17.3 Å². The molecule has 0 saturated heterocycles. The second-order valence-corrected chi connectivity index (χ2v) is 4.55. The molecule has 1 nitrogen and oxygen atoms in total. The fourth-order valence-corrected chi connectivity index (χ4v) is 1.86. The van der Waals surface area contributed by atoms with Crippen LogP contribution in [0, 0.1) is 0 Å². The molecule has 0 heterocycles. The van der Waals surface area contributed by atoms with Gasteiger partial charge in [-0.1, -0.05) is 48.9 Å². The van der Waals surface area contributed by atoms with Crippen LogP contribution in [-0.2, 0) is 0 Å². The zero-order valence-electron chi connectivity index (χ0n) is 7.87. The second-order valence-electron chi connectivity index (χ2n) is 2.61. The van der Waals surface area contributed by atoms with E-state index < -0.39 is 0 Å². The summed E-state index contributed by atoms with van der Waals surface area (Å²) in [4.78, 5) is 11.6. The van der Waals surface area contributed by atoms with Crippen LogP contribution in [0.5, 0.6) is 0 Å². The summed E-state index contributed by atoms with van der Waals surface area (Å²) in [5.74, 6) is 0.828. The molecule has 74 valence electrons. The van der Waals surface area contributed by atoms with Crippen molar-refractivity contribution >= 4 is 29.1 Å². The predicted octanol–water partition coefficient (Wildman–Crippen LogP) is 3.70. The molecule has 0 N–H and O–H groups in total. The predicted molar refractivity (Wildman–Crippen MR) is 62.8 cm³/mol. The van der Waals surface area contributed by atoms with E-state index in [9.17, 15) is 4.79 Å². The van der Waals surface area contributed by atoms with Crippen molar-refractivity contribution in [2.75, 3.05) is 5.75 Å². The normalized spacial score (nSPS) is 11.4. The number of ketones is 1. The van der Waals surface area contributed by atoms with Gasteiger partial charge < -0.3 is 0 Å². The lowest BCUT2D eigenvalue weighted by molar-refractivity contribution is 0.104. The minimum atomic E-state index is -0.0449. The summed E-state index contributed by atoms with van der Waals surface area (Å²) < 4.78 is 0.543. The van der Waals surface area contributed by atoms with Crippen molar-refractivity contribution in [1.29, 1.82) is 0 Å². The van der Waals surface area contributed by atoms with E-state index in [2.05, 4.69) is 0 Å². The summed E-state index contributed by atoms with van der Waals surface area (Å²) in [5.41, 5.74) is 0.669. The Kier molecular flexibility index (Phi) is 4.77. The third kappa shape index (κ3) is 3.56. The second kappa shape index (κ2) is 5.89. The fourth-order valence-electron chi connectivity index (χ4n) is 0.968. The van der Waals surface area contributed by atoms with Crippen LogP contribution < -0.4 is 0 Å². The fraction of sp³-hybridized carbons (Fsp3) is 0.182. The summed E-state index contributed by atoms with van der Waals surface area (Å²) in [6, 6.07) is 9.10. The summed E-state index contributed by atoms with van der Waals surface area (Å²) in [6.07, 6.45) is 1.46. The van der Waals surface area contributed by atoms with E-state index >= 15 is 0 Å². The van der Waals surface area contributed by atoms with Crippen molar-refractivity contribution in [2.45, 2.75) is 6.92 Å². The van der Waals surface area contributed by atoms with Crippen LogP contribution >= 0.6 is 23.4 Å². The average Bonchev–Trinajstić information content (AvgIpc) is 2.19. The van der Waals surface area contributed by atoms with E-state index in [0.717, 1.165) is 5.75 Å². The zero-order chi connectivity index (χ0) is 10.4. The van der Waals surface area contributed by atoms with E-state index in [0.29, 0.717) is 9.93 Å². The van der Waals surface area contributed by atoms with Gasteiger partial charge in [0, 0.05) is 11.6 Å². The Morgan fingerprint density at radius 1 is 1.43 bits per heavy atom. The highest BCUT2D eigenvalue weighted by Gasteiger charge is 2.02. The Morgan fingerprint density at radius 2 is 2.07 bits per heavy atom. The lowest BCUT2D eigenvalue weighted by atomic mass is 10.1. The van der Waals surface area contributed by atoms with Gasteiger partial charge in [-0.15, -0.1) is 11.8 Å². The number of hydrogen-bond donors (Lipinski definition) is 0. The van der Waals surface area contributed by atoms with Crippen molar-refractivity contribution in [3.8, 4) is 0 Å². The largest absolute Gasteiger partial charge is 0.289 e. The maximum Gasteiger partial charge on any atom is 0.187 e. The molecule has 0 aliphatic heterocycles. The summed E-state index contributed by atoms with van der Waals surface area (Å²) in [7, 11) is 0. The number of carbonyl (C=O) groups is 1. The first-order chi connectivity index (χ1) is 6.74. The molecular weight excluding hydrogens is 216 g/mol. The van der Waals surface area contributed by atoms with Gasteiger partial charge in [0.1, 0.15) is 0 Å². The van der Waals surface area contributed by atoms with Gasteiger partial charge in [0.05, 0.1) is 4.36 Å². The van der Waals surface area contributed by atoms with E-state index in [-0.39, 0.29) is 5.78 Å². The summed E-state index contributed by atoms with van der Waals surface area (Å²) in [6.45, 7) is 1.99. The maximum atomic E-state index is 11.6. The Bertz CT molecular complexity index is 332. The van der Waals surface area contributed by atoms with E-state index in [1.807, 2.05) is 25.1 Å². The SMILES string of the molecule is CCS/C(Cl)=C/C(=O)c1ccccc1.